The molecule has 0 saturated heterocycles. The Morgan fingerprint density at radius 1 is 0.951 bits per heavy atom. The lowest BCUT2D eigenvalue weighted by Crippen LogP contribution is -2.51. The second kappa shape index (κ2) is 13.0. The number of pyridine rings is 1. The summed E-state index contributed by atoms with van der Waals surface area (Å²) < 4.78 is 0. The van der Waals surface area contributed by atoms with E-state index in [0.717, 1.165) is 28.3 Å². The van der Waals surface area contributed by atoms with Crippen molar-refractivity contribution in [3.63, 3.8) is 0 Å². The number of fused-ring (bicyclic) bond motifs is 1. The van der Waals surface area contributed by atoms with Crippen LogP contribution in [-0.4, -0.2) is 40.2 Å². The number of nitrogens with zero attached hydrogens (tertiary/aromatic N) is 2. The van der Waals surface area contributed by atoms with Crippen molar-refractivity contribution in [1.29, 1.82) is 0 Å². The molecule has 4 aromatic rings. The molecule has 1 aliphatic heterocycles. The molecule has 0 bridgehead atoms. The summed E-state index contributed by atoms with van der Waals surface area (Å²) in [5.74, 6) is -0.632. The summed E-state index contributed by atoms with van der Waals surface area (Å²) >= 11 is 0. The number of carbonyl (C=O) groups excluding carboxylic acids is 3. The average molecular weight is 547 g/mol. The van der Waals surface area contributed by atoms with E-state index in [1.807, 2.05) is 66.4 Å². The Morgan fingerprint density at radius 2 is 1.80 bits per heavy atom. The first kappa shape index (κ1) is 27.8. The zero-order chi connectivity index (χ0) is 28.6. The molecule has 3 amide bonds. The fourth-order valence-corrected chi connectivity index (χ4v) is 5.23. The standard InChI is InChI=1S/C34H34N4O3/c1-2-9-32(39)36-29-14-7-12-27(22-29)33(40)37-30(21-24-16-17-25-10-3-4-11-26(25)20-24)34(41)38-19-6-5-15-31(38)28-13-8-18-35-23-28/h3-8,10-14,16-18,20,22-23,30-31H,2,9,15,19,21H2,1H3,(H,36,39)(H,37,40)/t30-,31?/m0/s1. The van der Waals surface area contributed by atoms with Crippen molar-refractivity contribution in [1.82, 2.24) is 15.2 Å². The minimum atomic E-state index is -0.798. The first-order valence-corrected chi connectivity index (χ1v) is 14.1. The van der Waals surface area contributed by atoms with Crippen LogP contribution in [0.25, 0.3) is 10.8 Å². The van der Waals surface area contributed by atoms with Gasteiger partial charge in [-0.1, -0.05) is 73.7 Å². The van der Waals surface area contributed by atoms with E-state index in [1.54, 1.807) is 36.7 Å². The van der Waals surface area contributed by atoms with Crippen molar-refractivity contribution in [3.05, 3.63) is 120 Å². The van der Waals surface area contributed by atoms with E-state index in [9.17, 15) is 14.4 Å². The quantitative estimate of drug-likeness (QED) is 0.258. The summed E-state index contributed by atoms with van der Waals surface area (Å²) in [4.78, 5) is 45.9. The summed E-state index contributed by atoms with van der Waals surface area (Å²) in [5, 5.41) is 8.05. The zero-order valence-electron chi connectivity index (χ0n) is 23.1. The molecule has 0 aliphatic carbocycles. The third-order valence-corrected chi connectivity index (χ3v) is 7.30. The molecule has 41 heavy (non-hydrogen) atoms. The Bertz CT molecular complexity index is 1570. The van der Waals surface area contributed by atoms with Crippen LogP contribution >= 0.6 is 0 Å². The minimum absolute atomic E-state index is 0.103. The van der Waals surface area contributed by atoms with E-state index in [0.29, 0.717) is 37.1 Å². The lowest BCUT2D eigenvalue weighted by molar-refractivity contribution is -0.135. The van der Waals surface area contributed by atoms with Crippen LogP contribution in [0.3, 0.4) is 0 Å². The molecule has 0 fully saturated rings. The molecule has 0 saturated carbocycles. The first-order chi connectivity index (χ1) is 20.0. The number of aromatic nitrogens is 1. The zero-order valence-corrected chi connectivity index (χ0v) is 23.1. The molecular formula is C34H34N4O3. The highest BCUT2D eigenvalue weighted by Gasteiger charge is 2.32. The lowest BCUT2D eigenvalue weighted by atomic mass is 9.96. The Kier molecular flexibility index (Phi) is 8.84. The predicted octanol–water partition coefficient (Wildman–Crippen LogP) is 5.84. The molecule has 0 spiro atoms. The van der Waals surface area contributed by atoms with Crippen LogP contribution in [-0.2, 0) is 16.0 Å². The summed E-state index contributed by atoms with van der Waals surface area (Å²) in [5.41, 5.74) is 2.83. The molecule has 1 unspecified atom stereocenters. The van der Waals surface area contributed by atoms with Gasteiger partial charge in [-0.25, -0.2) is 0 Å². The number of amides is 3. The van der Waals surface area contributed by atoms with Gasteiger partial charge in [0.2, 0.25) is 11.8 Å². The van der Waals surface area contributed by atoms with Gasteiger partial charge < -0.3 is 15.5 Å². The molecule has 7 nitrogen and oxygen atoms in total. The normalized spacial score (nSPS) is 15.3. The van der Waals surface area contributed by atoms with Crippen molar-refractivity contribution < 1.29 is 14.4 Å². The lowest BCUT2D eigenvalue weighted by Gasteiger charge is -2.36. The van der Waals surface area contributed by atoms with Gasteiger partial charge in [-0.15, -0.1) is 0 Å². The van der Waals surface area contributed by atoms with Crippen LogP contribution in [0.1, 0.15) is 53.7 Å². The van der Waals surface area contributed by atoms with Crippen molar-refractivity contribution in [3.8, 4) is 0 Å². The van der Waals surface area contributed by atoms with Crippen molar-refractivity contribution in [2.45, 2.75) is 44.7 Å². The predicted molar refractivity (Wildman–Crippen MR) is 161 cm³/mol. The third-order valence-electron chi connectivity index (χ3n) is 7.30. The van der Waals surface area contributed by atoms with Gasteiger partial charge in [-0.3, -0.25) is 19.4 Å². The maximum Gasteiger partial charge on any atom is 0.252 e. The fraction of sp³-hybridized carbons (Fsp3) is 0.235. The van der Waals surface area contributed by atoms with Gasteiger partial charge in [0, 0.05) is 43.0 Å². The fourth-order valence-electron chi connectivity index (χ4n) is 5.23. The number of carbonyl (C=O) groups is 3. The van der Waals surface area contributed by atoms with Gasteiger partial charge in [0.05, 0.1) is 6.04 Å². The van der Waals surface area contributed by atoms with E-state index in [4.69, 9.17) is 0 Å². The Morgan fingerprint density at radius 3 is 2.61 bits per heavy atom. The topological polar surface area (TPSA) is 91.4 Å². The summed E-state index contributed by atoms with van der Waals surface area (Å²) in [6, 6.07) is 23.9. The molecule has 2 N–H and O–H groups in total. The van der Waals surface area contributed by atoms with Crippen LogP contribution in [0.2, 0.25) is 0 Å². The van der Waals surface area contributed by atoms with Gasteiger partial charge in [-0.2, -0.15) is 0 Å². The maximum absolute atomic E-state index is 14.2. The number of hydrogen-bond donors (Lipinski definition) is 2. The van der Waals surface area contributed by atoms with Gasteiger partial charge >= 0.3 is 0 Å². The monoisotopic (exact) mass is 546 g/mol. The smallest absolute Gasteiger partial charge is 0.252 e. The third kappa shape index (κ3) is 6.87. The largest absolute Gasteiger partial charge is 0.340 e. The molecule has 1 aromatic heterocycles. The van der Waals surface area contributed by atoms with Gasteiger partial charge in [-0.05, 0) is 59.0 Å². The Hall–Kier alpha value is -4.78. The van der Waals surface area contributed by atoms with E-state index in [2.05, 4.69) is 27.8 Å². The average Bonchev–Trinajstić information content (AvgIpc) is 3.01. The second-order valence-corrected chi connectivity index (χ2v) is 10.3. The minimum Gasteiger partial charge on any atom is -0.340 e. The number of benzene rings is 3. The summed E-state index contributed by atoms with van der Waals surface area (Å²) in [6.45, 7) is 2.38. The summed E-state index contributed by atoms with van der Waals surface area (Å²) in [6.07, 6.45) is 9.72. The Labute approximate surface area is 240 Å². The van der Waals surface area contributed by atoms with Crippen LogP contribution in [0, 0.1) is 0 Å². The Balaban J connectivity index is 1.43. The molecular weight excluding hydrogens is 512 g/mol. The van der Waals surface area contributed by atoms with Gasteiger partial charge in [0.1, 0.15) is 6.04 Å². The number of hydrogen-bond acceptors (Lipinski definition) is 4. The highest BCUT2D eigenvalue weighted by Crippen LogP contribution is 2.28. The van der Waals surface area contributed by atoms with E-state index < -0.39 is 6.04 Å². The molecule has 5 rings (SSSR count). The molecule has 7 heteroatoms. The van der Waals surface area contributed by atoms with E-state index >= 15 is 0 Å². The van der Waals surface area contributed by atoms with Crippen molar-refractivity contribution in [2.24, 2.45) is 0 Å². The van der Waals surface area contributed by atoms with Crippen LogP contribution in [0.5, 0.6) is 0 Å². The molecule has 208 valence electrons. The van der Waals surface area contributed by atoms with Gasteiger partial charge in [0.15, 0.2) is 0 Å². The summed E-state index contributed by atoms with van der Waals surface area (Å²) in [7, 11) is 0. The number of anilines is 1. The number of rotatable bonds is 9. The van der Waals surface area contributed by atoms with Crippen molar-refractivity contribution >= 4 is 34.2 Å². The SMILES string of the molecule is CCCC(=O)Nc1cccc(C(=O)N[C@@H](Cc2ccc3ccccc3c2)C(=O)N2CC=CCC2c2cccnc2)c1. The van der Waals surface area contributed by atoms with Crippen LogP contribution in [0.15, 0.2) is 103 Å². The molecule has 0 radical (unpaired) electrons. The van der Waals surface area contributed by atoms with Crippen LogP contribution in [0.4, 0.5) is 5.69 Å². The van der Waals surface area contributed by atoms with E-state index in [-0.39, 0.29) is 23.8 Å². The molecule has 3 aromatic carbocycles. The molecule has 2 heterocycles. The van der Waals surface area contributed by atoms with Gasteiger partial charge in [0.25, 0.3) is 5.91 Å². The van der Waals surface area contributed by atoms with Crippen LogP contribution < -0.4 is 10.6 Å². The second-order valence-electron chi connectivity index (χ2n) is 10.3. The maximum atomic E-state index is 14.2. The number of nitrogens with one attached hydrogen (secondary N) is 2. The highest BCUT2D eigenvalue weighted by atomic mass is 16.2. The molecule has 1 aliphatic rings. The molecule has 2 atom stereocenters. The van der Waals surface area contributed by atoms with Crippen molar-refractivity contribution in [2.75, 3.05) is 11.9 Å². The highest BCUT2D eigenvalue weighted by molar-refractivity contribution is 5.99. The van der Waals surface area contributed by atoms with E-state index in [1.165, 1.54) is 0 Å². The first-order valence-electron chi connectivity index (χ1n) is 14.1.